The van der Waals surface area contributed by atoms with Gasteiger partial charge in [0, 0.05) is 5.56 Å². The molecule has 1 aromatic heterocycles. The van der Waals surface area contributed by atoms with Gasteiger partial charge in [-0.15, -0.1) is 0 Å². The van der Waals surface area contributed by atoms with Crippen LogP contribution in [0.4, 0.5) is 0 Å². The first-order valence-corrected chi connectivity index (χ1v) is 7.12. The number of carbonyl (C=O) groups excluding carboxylic acids is 1. The first-order chi connectivity index (χ1) is 10.0. The largest absolute Gasteiger partial charge is 0.494 e. The summed E-state index contributed by atoms with van der Waals surface area (Å²) in [6, 6.07) is 9.03. The van der Waals surface area contributed by atoms with Gasteiger partial charge in [-0.05, 0) is 63.6 Å². The summed E-state index contributed by atoms with van der Waals surface area (Å²) < 4.78 is 11.0. The molecule has 0 fully saturated rings. The van der Waals surface area contributed by atoms with E-state index in [1.165, 1.54) is 0 Å². The molecule has 0 bridgehead atoms. The number of benzene rings is 1. The van der Waals surface area contributed by atoms with Gasteiger partial charge in [-0.3, -0.25) is 4.79 Å². The van der Waals surface area contributed by atoms with Crippen molar-refractivity contribution in [1.82, 2.24) is 5.32 Å². The second kappa shape index (κ2) is 6.48. The molecule has 0 spiro atoms. The molecule has 21 heavy (non-hydrogen) atoms. The standard InChI is InChI=1S/C17H21NO3/c1-5-20-15-9-7-14(10-11(15)2)17(19)18-13(4)16-8-6-12(3)21-16/h6-10,13H,5H2,1-4H3,(H,18,19). The number of nitrogens with one attached hydrogen (secondary N) is 1. The number of ether oxygens (including phenoxy) is 1. The Kier molecular flexibility index (Phi) is 4.68. The molecule has 0 aliphatic carbocycles. The van der Waals surface area contributed by atoms with E-state index in [0.717, 1.165) is 22.8 Å². The van der Waals surface area contributed by atoms with Gasteiger partial charge in [0.2, 0.25) is 0 Å². The van der Waals surface area contributed by atoms with Crippen molar-refractivity contribution in [2.45, 2.75) is 33.7 Å². The molecule has 0 aliphatic rings. The Hall–Kier alpha value is -2.23. The molecule has 1 heterocycles. The molecule has 2 aromatic rings. The number of amides is 1. The lowest BCUT2D eigenvalue weighted by molar-refractivity contribution is 0.0935. The summed E-state index contributed by atoms with van der Waals surface area (Å²) in [5, 5.41) is 2.93. The molecule has 1 N–H and O–H groups in total. The van der Waals surface area contributed by atoms with Gasteiger partial charge in [0.05, 0.1) is 12.6 Å². The molecule has 1 atom stereocenters. The Morgan fingerprint density at radius 1 is 1.29 bits per heavy atom. The molecular formula is C17H21NO3. The van der Waals surface area contributed by atoms with Crippen LogP contribution < -0.4 is 10.1 Å². The van der Waals surface area contributed by atoms with Crippen molar-refractivity contribution in [1.29, 1.82) is 0 Å². The number of rotatable bonds is 5. The highest BCUT2D eigenvalue weighted by molar-refractivity contribution is 5.94. The van der Waals surface area contributed by atoms with E-state index in [0.29, 0.717) is 12.2 Å². The van der Waals surface area contributed by atoms with Crippen molar-refractivity contribution in [2.24, 2.45) is 0 Å². The van der Waals surface area contributed by atoms with Gasteiger partial charge in [0.15, 0.2) is 0 Å². The first kappa shape index (κ1) is 15.2. The summed E-state index contributed by atoms with van der Waals surface area (Å²) in [7, 11) is 0. The SMILES string of the molecule is CCOc1ccc(C(=O)NC(C)c2ccc(C)o2)cc1C. The normalized spacial score (nSPS) is 12.0. The maximum atomic E-state index is 12.3. The average Bonchev–Trinajstić information content (AvgIpc) is 2.88. The van der Waals surface area contributed by atoms with Crippen molar-refractivity contribution < 1.29 is 13.9 Å². The maximum Gasteiger partial charge on any atom is 0.251 e. The number of furan rings is 1. The molecule has 112 valence electrons. The minimum absolute atomic E-state index is 0.122. The van der Waals surface area contributed by atoms with Crippen molar-refractivity contribution in [3.05, 3.63) is 53.0 Å². The Labute approximate surface area is 125 Å². The molecule has 0 saturated carbocycles. The molecule has 1 unspecified atom stereocenters. The van der Waals surface area contributed by atoms with Crippen LogP contribution in [-0.4, -0.2) is 12.5 Å². The van der Waals surface area contributed by atoms with Crippen molar-refractivity contribution in [3.63, 3.8) is 0 Å². The van der Waals surface area contributed by atoms with E-state index in [1.807, 2.05) is 52.0 Å². The quantitative estimate of drug-likeness (QED) is 0.910. The summed E-state index contributed by atoms with van der Waals surface area (Å²) in [5.74, 6) is 2.28. The van der Waals surface area contributed by atoms with Crippen LogP contribution >= 0.6 is 0 Å². The smallest absolute Gasteiger partial charge is 0.251 e. The van der Waals surface area contributed by atoms with E-state index in [9.17, 15) is 4.79 Å². The highest BCUT2D eigenvalue weighted by Crippen LogP contribution is 2.20. The zero-order chi connectivity index (χ0) is 15.4. The number of hydrogen-bond donors (Lipinski definition) is 1. The maximum absolute atomic E-state index is 12.3. The third kappa shape index (κ3) is 3.66. The second-order valence-corrected chi connectivity index (χ2v) is 5.06. The van der Waals surface area contributed by atoms with Crippen molar-refractivity contribution in [2.75, 3.05) is 6.61 Å². The molecular weight excluding hydrogens is 266 g/mol. The van der Waals surface area contributed by atoms with Crippen LogP contribution in [0, 0.1) is 13.8 Å². The van der Waals surface area contributed by atoms with Crippen LogP contribution in [0.25, 0.3) is 0 Å². The lowest BCUT2D eigenvalue weighted by atomic mass is 10.1. The average molecular weight is 287 g/mol. The van der Waals surface area contributed by atoms with Gasteiger partial charge < -0.3 is 14.5 Å². The summed E-state index contributed by atoms with van der Waals surface area (Å²) in [5.41, 5.74) is 1.57. The monoisotopic (exact) mass is 287 g/mol. The zero-order valence-corrected chi connectivity index (χ0v) is 12.9. The van der Waals surface area contributed by atoms with E-state index < -0.39 is 0 Å². The summed E-state index contributed by atoms with van der Waals surface area (Å²) in [6.45, 7) is 8.26. The van der Waals surface area contributed by atoms with Crippen LogP contribution in [-0.2, 0) is 0 Å². The van der Waals surface area contributed by atoms with Crippen LogP contribution in [0.5, 0.6) is 5.75 Å². The van der Waals surface area contributed by atoms with Crippen LogP contribution in [0.1, 0.15) is 47.3 Å². The van der Waals surface area contributed by atoms with Crippen molar-refractivity contribution in [3.8, 4) is 5.75 Å². The lowest BCUT2D eigenvalue weighted by Gasteiger charge is -2.13. The Balaban J connectivity index is 2.08. The molecule has 1 aromatic carbocycles. The third-order valence-electron chi connectivity index (χ3n) is 3.27. The molecule has 4 nitrogen and oxygen atoms in total. The van der Waals surface area contributed by atoms with E-state index in [4.69, 9.17) is 9.15 Å². The fraction of sp³-hybridized carbons (Fsp3) is 0.353. The Morgan fingerprint density at radius 3 is 2.62 bits per heavy atom. The van der Waals surface area contributed by atoms with E-state index >= 15 is 0 Å². The lowest BCUT2D eigenvalue weighted by Crippen LogP contribution is -2.26. The summed E-state index contributed by atoms with van der Waals surface area (Å²) in [4.78, 5) is 12.3. The van der Waals surface area contributed by atoms with Gasteiger partial charge in [0.1, 0.15) is 17.3 Å². The number of carbonyl (C=O) groups is 1. The topological polar surface area (TPSA) is 51.5 Å². The minimum Gasteiger partial charge on any atom is -0.494 e. The fourth-order valence-corrected chi connectivity index (χ4v) is 2.15. The Bertz CT molecular complexity index is 631. The van der Waals surface area contributed by atoms with Crippen LogP contribution in [0.2, 0.25) is 0 Å². The van der Waals surface area contributed by atoms with E-state index in [1.54, 1.807) is 6.07 Å². The van der Waals surface area contributed by atoms with Gasteiger partial charge >= 0.3 is 0 Å². The van der Waals surface area contributed by atoms with E-state index in [2.05, 4.69) is 5.32 Å². The molecule has 2 rings (SSSR count). The molecule has 0 radical (unpaired) electrons. The van der Waals surface area contributed by atoms with E-state index in [-0.39, 0.29) is 11.9 Å². The minimum atomic E-state index is -0.168. The third-order valence-corrected chi connectivity index (χ3v) is 3.27. The van der Waals surface area contributed by atoms with Crippen LogP contribution in [0.15, 0.2) is 34.7 Å². The molecule has 0 saturated heterocycles. The highest BCUT2D eigenvalue weighted by atomic mass is 16.5. The fourth-order valence-electron chi connectivity index (χ4n) is 2.15. The predicted molar refractivity (Wildman–Crippen MR) is 81.7 cm³/mol. The number of aryl methyl sites for hydroxylation is 2. The van der Waals surface area contributed by atoms with Crippen molar-refractivity contribution >= 4 is 5.91 Å². The highest BCUT2D eigenvalue weighted by Gasteiger charge is 2.15. The van der Waals surface area contributed by atoms with Crippen LogP contribution in [0.3, 0.4) is 0 Å². The molecule has 0 aliphatic heterocycles. The second-order valence-electron chi connectivity index (χ2n) is 5.06. The summed E-state index contributed by atoms with van der Waals surface area (Å²) >= 11 is 0. The van der Waals surface area contributed by atoms with Gasteiger partial charge in [-0.25, -0.2) is 0 Å². The number of hydrogen-bond acceptors (Lipinski definition) is 3. The first-order valence-electron chi connectivity index (χ1n) is 7.12. The summed E-state index contributed by atoms with van der Waals surface area (Å²) in [6.07, 6.45) is 0. The molecule has 1 amide bonds. The molecule has 4 heteroatoms. The predicted octanol–water partition coefficient (Wildman–Crippen LogP) is 3.79. The van der Waals surface area contributed by atoms with Gasteiger partial charge in [0.25, 0.3) is 5.91 Å². The van der Waals surface area contributed by atoms with Gasteiger partial charge in [-0.2, -0.15) is 0 Å². The zero-order valence-electron chi connectivity index (χ0n) is 12.9. The Morgan fingerprint density at radius 2 is 2.05 bits per heavy atom. The van der Waals surface area contributed by atoms with Gasteiger partial charge in [-0.1, -0.05) is 0 Å².